The van der Waals surface area contributed by atoms with E-state index in [4.69, 9.17) is 28.2 Å². The summed E-state index contributed by atoms with van der Waals surface area (Å²) < 4.78 is 0. The van der Waals surface area contributed by atoms with Gasteiger partial charge in [0, 0.05) is 10.0 Å². The Morgan fingerprint density at radius 1 is 0.929 bits per heavy atom. The molecule has 4 rings (SSSR count). The van der Waals surface area contributed by atoms with E-state index in [0.29, 0.717) is 21.6 Å². The molecule has 0 unspecified atom stereocenters. The van der Waals surface area contributed by atoms with Crippen LogP contribution in [0.25, 0.3) is 0 Å². The number of carbonyl (C=O) groups excluding carboxylic acids is 1. The zero-order valence-electron chi connectivity index (χ0n) is 14.8. The summed E-state index contributed by atoms with van der Waals surface area (Å²) in [6.07, 6.45) is 0.486. The second-order valence-corrected chi connectivity index (χ2v) is 8.30. The largest absolute Gasteiger partial charge is 0.273 e. The molecule has 3 nitrogen and oxygen atoms in total. The number of benzene rings is 3. The topological polar surface area (TPSA) is 32.7 Å². The average Bonchev–Trinajstić information content (AvgIpc) is 3.01. The maximum atomic E-state index is 13.3. The quantitative estimate of drug-likeness (QED) is 0.485. The first-order chi connectivity index (χ1) is 13.6. The van der Waals surface area contributed by atoms with Gasteiger partial charge in [0.25, 0.3) is 0 Å². The fraction of sp³-hybridized carbons (Fsp3) is 0.0909. The van der Waals surface area contributed by atoms with Gasteiger partial charge in [0.15, 0.2) is 5.17 Å². The molecule has 0 spiro atoms. The van der Waals surface area contributed by atoms with Crippen LogP contribution in [0.1, 0.15) is 5.56 Å². The molecule has 3 aromatic carbocycles. The van der Waals surface area contributed by atoms with Crippen molar-refractivity contribution in [1.29, 1.82) is 0 Å². The monoisotopic (exact) mass is 426 g/mol. The number of nitrogens with zero attached hydrogens (tertiary/aromatic N) is 2. The van der Waals surface area contributed by atoms with E-state index >= 15 is 0 Å². The van der Waals surface area contributed by atoms with Crippen molar-refractivity contribution in [1.82, 2.24) is 0 Å². The average molecular weight is 427 g/mol. The molecule has 1 aliphatic heterocycles. The maximum Gasteiger partial charge on any atom is 0.247 e. The van der Waals surface area contributed by atoms with Crippen molar-refractivity contribution in [2.24, 2.45) is 4.99 Å². The zero-order chi connectivity index (χ0) is 19.5. The van der Waals surface area contributed by atoms with E-state index in [1.807, 2.05) is 66.7 Å². The second-order valence-electron chi connectivity index (χ2n) is 6.29. The number of anilines is 1. The summed E-state index contributed by atoms with van der Waals surface area (Å²) in [6.45, 7) is 0. The number of rotatable bonds is 4. The van der Waals surface area contributed by atoms with Crippen molar-refractivity contribution in [3.63, 3.8) is 0 Å². The van der Waals surface area contributed by atoms with Gasteiger partial charge in [-0.15, -0.1) is 0 Å². The van der Waals surface area contributed by atoms with Gasteiger partial charge in [0.05, 0.1) is 16.6 Å². The van der Waals surface area contributed by atoms with Crippen LogP contribution >= 0.6 is 35.0 Å². The molecule has 1 heterocycles. The molecule has 1 amide bonds. The molecule has 1 aliphatic rings. The van der Waals surface area contributed by atoms with Crippen LogP contribution in [0.2, 0.25) is 10.0 Å². The van der Waals surface area contributed by atoms with Crippen molar-refractivity contribution in [2.75, 3.05) is 4.90 Å². The van der Waals surface area contributed by atoms with Crippen molar-refractivity contribution >= 4 is 57.4 Å². The lowest BCUT2D eigenvalue weighted by Gasteiger charge is -2.16. The number of carbonyl (C=O) groups is 1. The van der Waals surface area contributed by atoms with Gasteiger partial charge in [-0.1, -0.05) is 71.4 Å². The predicted octanol–water partition coefficient (Wildman–Crippen LogP) is 6.37. The normalized spacial score (nSPS) is 18.1. The molecule has 0 radical (unpaired) electrons. The van der Waals surface area contributed by atoms with Crippen molar-refractivity contribution in [3.05, 3.63) is 94.5 Å². The minimum absolute atomic E-state index is 0.0121. The van der Waals surface area contributed by atoms with Crippen LogP contribution in [0.3, 0.4) is 0 Å². The molecule has 0 aliphatic carbocycles. The SMILES string of the molecule is O=C1[C@H](Cc2cc(Cl)ccc2Cl)SC(=Nc2ccccc2)N1c1ccccc1. The molecular formula is C22H16Cl2N2OS. The summed E-state index contributed by atoms with van der Waals surface area (Å²) in [5.74, 6) is -0.0121. The molecule has 1 fully saturated rings. The zero-order valence-corrected chi connectivity index (χ0v) is 17.1. The van der Waals surface area contributed by atoms with Crippen LogP contribution in [-0.4, -0.2) is 16.3 Å². The maximum absolute atomic E-state index is 13.3. The number of hydrogen-bond donors (Lipinski definition) is 0. The molecule has 6 heteroatoms. The Morgan fingerprint density at radius 2 is 1.61 bits per heavy atom. The third-order valence-corrected chi connectivity index (χ3v) is 6.08. The molecule has 1 saturated heterocycles. The third kappa shape index (κ3) is 4.09. The third-order valence-electron chi connectivity index (χ3n) is 4.34. The predicted molar refractivity (Wildman–Crippen MR) is 119 cm³/mol. The van der Waals surface area contributed by atoms with Crippen molar-refractivity contribution < 1.29 is 4.79 Å². The smallest absolute Gasteiger partial charge is 0.247 e. The Bertz CT molecular complexity index is 1030. The van der Waals surface area contributed by atoms with E-state index in [1.54, 1.807) is 17.0 Å². The molecule has 3 aromatic rings. The number of amidine groups is 1. The van der Waals surface area contributed by atoms with E-state index in [1.165, 1.54) is 11.8 Å². The van der Waals surface area contributed by atoms with Gasteiger partial charge in [-0.2, -0.15) is 0 Å². The number of amides is 1. The fourth-order valence-electron chi connectivity index (χ4n) is 3.00. The summed E-state index contributed by atoms with van der Waals surface area (Å²) in [5, 5.41) is 1.55. The lowest BCUT2D eigenvalue weighted by atomic mass is 10.1. The molecule has 28 heavy (non-hydrogen) atoms. The Kier molecular flexibility index (Phi) is 5.72. The highest BCUT2D eigenvalue weighted by molar-refractivity contribution is 8.16. The van der Waals surface area contributed by atoms with E-state index < -0.39 is 0 Å². The minimum atomic E-state index is -0.321. The number of aliphatic imine (C=N–C) groups is 1. The first kappa shape index (κ1) is 19.1. The minimum Gasteiger partial charge on any atom is -0.273 e. The van der Waals surface area contributed by atoms with Crippen LogP contribution in [0.15, 0.2) is 83.9 Å². The Balaban J connectivity index is 1.70. The van der Waals surface area contributed by atoms with Gasteiger partial charge in [0.1, 0.15) is 0 Å². The molecular weight excluding hydrogens is 411 g/mol. The lowest BCUT2D eigenvalue weighted by Crippen LogP contribution is -2.32. The van der Waals surface area contributed by atoms with E-state index in [2.05, 4.69) is 0 Å². The standard InChI is InChI=1S/C22H16Cl2N2OS/c23-16-11-12-19(24)15(13-16)14-20-21(27)26(18-9-5-2-6-10-18)22(28-20)25-17-7-3-1-4-8-17/h1-13,20H,14H2/t20-/m0/s1. The fourth-order valence-corrected chi connectivity index (χ4v) is 4.57. The van der Waals surface area contributed by atoms with Crippen LogP contribution < -0.4 is 4.90 Å². The molecule has 0 bridgehead atoms. The summed E-state index contributed by atoms with van der Waals surface area (Å²) in [6, 6.07) is 24.5. The first-order valence-corrected chi connectivity index (χ1v) is 10.4. The lowest BCUT2D eigenvalue weighted by molar-refractivity contribution is -0.116. The van der Waals surface area contributed by atoms with Crippen LogP contribution in [0, 0.1) is 0 Å². The van der Waals surface area contributed by atoms with Gasteiger partial charge in [-0.3, -0.25) is 9.69 Å². The molecule has 1 atom stereocenters. The summed E-state index contributed by atoms with van der Waals surface area (Å²) in [7, 11) is 0. The Labute approximate surface area is 178 Å². The number of thioether (sulfide) groups is 1. The Morgan fingerprint density at radius 3 is 2.32 bits per heavy atom. The Hall–Kier alpha value is -2.27. The van der Waals surface area contributed by atoms with Crippen LogP contribution in [0.4, 0.5) is 11.4 Å². The first-order valence-electron chi connectivity index (χ1n) is 8.75. The molecule has 140 valence electrons. The van der Waals surface area contributed by atoms with Crippen molar-refractivity contribution in [3.8, 4) is 0 Å². The highest BCUT2D eigenvalue weighted by atomic mass is 35.5. The van der Waals surface area contributed by atoms with Gasteiger partial charge < -0.3 is 0 Å². The van der Waals surface area contributed by atoms with Crippen LogP contribution in [-0.2, 0) is 11.2 Å². The highest BCUT2D eigenvalue weighted by Crippen LogP contribution is 2.36. The molecule has 0 saturated carbocycles. The van der Waals surface area contributed by atoms with Crippen molar-refractivity contribution in [2.45, 2.75) is 11.7 Å². The van der Waals surface area contributed by atoms with E-state index in [-0.39, 0.29) is 11.2 Å². The summed E-state index contributed by atoms with van der Waals surface area (Å²) >= 11 is 13.9. The number of halogens is 2. The summed E-state index contributed by atoms with van der Waals surface area (Å²) in [4.78, 5) is 19.7. The van der Waals surface area contributed by atoms with Gasteiger partial charge in [-0.25, -0.2) is 4.99 Å². The molecule has 0 N–H and O–H groups in total. The van der Waals surface area contributed by atoms with Gasteiger partial charge >= 0.3 is 0 Å². The van der Waals surface area contributed by atoms with E-state index in [0.717, 1.165) is 16.9 Å². The second kappa shape index (κ2) is 8.39. The number of hydrogen-bond acceptors (Lipinski definition) is 3. The van der Waals surface area contributed by atoms with Crippen LogP contribution in [0.5, 0.6) is 0 Å². The number of para-hydroxylation sites is 2. The van der Waals surface area contributed by atoms with E-state index in [9.17, 15) is 4.79 Å². The summed E-state index contributed by atoms with van der Waals surface area (Å²) in [5.41, 5.74) is 2.46. The van der Waals surface area contributed by atoms with Gasteiger partial charge in [0.2, 0.25) is 5.91 Å². The highest BCUT2D eigenvalue weighted by Gasteiger charge is 2.39. The molecule has 0 aromatic heterocycles. The van der Waals surface area contributed by atoms with Gasteiger partial charge in [-0.05, 0) is 54.4 Å².